The fourth-order valence-electron chi connectivity index (χ4n) is 9.89. The van der Waals surface area contributed by atoms with Gasteiger partial charge in [-0.15, -0.1) is 0 Å². The number of benzene rings is 2. The second kappa shape index (κ2) is 15.7. The molecule has 2 aliphatic carbocycles. The molecule has 300 valence electrons. The molecule has 2 aromatic heterocycles. The van der Waals surface area contributed by atoms with Gasteiger partial charge >= 0.3 is 12.2 Å². The Labute approximate surface area is 332 Å². The lowest BCUT2D eigenvalue weighted by Crippen LogP contribution is -2.46. The summed E-state index contributed by atoms with van der Waals surface area (Å²) in [6.07, 6.45) is 12.8. The van der Waals surface area contributed by atoms with E-state index in [1.54, 1.807) is 18.7 Å². The SMILES string of the molecule is COC(=O)N[C@@H](C)C(=O)N1CCC[C@H]1c1ncc(-c2ccc(-c3ccc(-c4cnc([C@@H]5CCCN5C(=O)[C@H](C)NC(=O)OC)[nH]4)c4c3C3(CCCC3)CC4)cc2)[nH]1. The quantitative estimate of drug-likeness (QED) is 0.145. The normalized spacial score (nSPS) is 20.7. The van der Waals surface area contributed by atoms with Gasteiger partial charge in [0.15, 0.2) is 0 Å². The average molecular weight is 777 g/mol. The van der Waals surface area contributed by atoms with E-state index >= 15 is 0 Å². The molecule has 57 heavy (non-hydrogen) atoms. The molecule has 4 aliphatic rings. The van der Waals surface area contributed by atoms with Crippen LogP contribution in [0.15, 0.2) is 48.8 Å². The molecule has 14 heteroatoms. The first-order chi connectivity index (χ1) is 27.6. The molecule has 8 rings (SSSR count). The number of amides is 4. The molecular formula is C43H52N8O6. The summed E-state index contributed by atoms with van der Waals surface area (Å²) in [7, 11) is 2.57. The molecule has 4 atom stereocenters. The van der Waals surface area contributed by atoms with Crippen LogP contribution in [0.25, 0.3) is 33.6 Å². The third-order valence-electron chi connectivity index (χ3n) is 12.7. The third-order valence-corrected chi connectivity index (χ3v) is 12.7. The lowest BCUT2D eigenvalue weighted by Gasteiger charge is -2.28. The van der Waals surface area contributed by atoms with Crippen LogP contribution in [0.3, 0.4) is 0 Å². The first kappa shape index (κ1) is 38.2. The van der Waals surface area contributed by atoms with Gasteiger partial charge in [0.2, 0.25) is 11.8 Å². The van der Waals surface area contributed by atoms with Crippen LogP contribution >= 0.6 is 0 Å². The number of alkyl carbamates (subject to hydrolysis) is 2. The monoisotopic (exact) mass is 776 g/mol. The topological polar surface area (TPSA) is 175 Å². The molecule has 4 N–H and O–H groups in total. The number of carbonyl (C=O) groups is 4. The lowest BCUT2D eigenvalue weighted by molar-refractivity contribution is -0.134. The second-order valence-electron chi connectivity index (χ2n) is 16.0. The zero-order valence-corrected chi connectivity index (χ0v) is 33.2. The maximum absolute atomic E-state index is 13.4. The molecule has 4 aromatic rings. The molecule has 0 unspecified atom stereocenters. The van der Waals surface area contributed by atoms with Crippen LogP contribution in [0.5, 0.6) is 0 Å². The molecule has 0 radical (unpaired) electrons. The summed E-state index contributed by atoms with van der Waals surface area (Å²) in [5.74, 6) is 1.19. The first-order valence-electron chi connectivity index (χ1n) is 20.3. The van der Waals surface area contributed by atoms with E-state index in [0.29, 0.717) is 13.1 Å². The zero-order valence-electron chi connectivity index (χ0n) is 33.2. The van der Waals surface area contributed by atoms with E-state index in [2.05, 4.69) is 61.7 Å². The summed E-state index contributed by atoms with van der Waals surface area (Å²) in [5.41, 5.74) is 9.49. The summed E-state index contributed by atoms with van der Waals surface area (Å²) in [6.45, 7) is 4.56. The van der Waals surface area contributed by atoms with E-state index < -0.39 is 24.3 Å². The fourth-order valence-corrected chi connectivity index (χ4v) is 9.89. The predicted octanol–water partition coefficient (Wildman–Crippen LogP) is 6.71. The van der Waals surface area contributed by atoms with Gasteiger partial charge in [-0.3, -0.25) is 9.59 Å². The highest BCUT2D eigenvalue weighted by molar-refractivity contribution is 5.87. The number of nitrogens with one attached hydrogen (secondary N) is 4. The van der Waals surface area contributed by atoms with E-state index in [1.165, 1.54) is 67.7 Å². The van der Waals surface area contributed by atoms with Gasteiger partial charge < -0.3 is 39.9 Å². The molecule has 2 aromatic carbocycles. The van der Waals surface area contributed by atoms with Crippen molar-refractivity contribution < 1.29 is 28.7 Å². The largest absolute Gasteiger partial charge is 0.453 e. The number of H-pyrrole nitrogens is 2. The number of likely N-dealkylation sites (tertiary alicyclic amines) is 2. The fraction of sp³-hybridized carbons (Fsp3) is 0.488. The van der Waals surface area contributed by atoms with Crippen molar-refractivity contribution in [3.05, 3.63) is 71.6 Å². The van der Waals surface area contributed by atoms with Crippen molar-refractivity contribution in [3.63, 3.8) is 0 Å². The number of aromatic nitrogens is 4. The van der Waals surface area contributed by atoms with Crippen LogP contribution in [-0.4, -0.2) is 93.1 Å². The standard InChI is InChI=1S/C43H52N8O6/c1-25(46-41(54)56-3)39(52)50-21-7-9-34(50)37-44-23-32(48-37)28-13-11-27(12-14-28)29-15-16-30(31-17-20-43(36(29)31)18-5-6-19-43)33-24-45-38(49-33)35-10-8-22-51(35)40(53)26(2)47-42(55)57-4/h11-16,23-26,34-35H,5-10,17-22H2,1-4H3,(H,44,48)(H,45,49)(H,46,54)(H,47,55)/t25-,26-,34-,35-/m0/s1. The minimum atomic E-state index is -0.705. The Morgan fingerprint density at radius 3 is 1.77 bits per heavy atom. The minimum Gasteiger partial charge on any atom is -0.453 e. The van der Waals surface area contributed by atoms with Crippen molar-refractivity contribution >= 4 is 24.0 Å². The zero-order chi connectivity index (χ0) is 39.8. The number of hydrogen-bond donors (Lipinski definition) is 4. The molecule has 14 nitrogen and oxygen atoms in total. The van der Waals surface area contributed by atoms with Gasteiger partial charge in [-0.1, -0.05) is 49.2 Å². The Hall–Kier alpha value is -5.66. The molecule has 2 aliphatic heterocycles. The van der Waals surface area contributed by atoms with Crippen LogP contribution < -0.4 is 10.6 Å². The highest BCUT2D eigenvalue weighted by Gasteiger charge is 2.44. The van der Waals surface area contributed by atoms with Gasteiger partial charge in [0.1, 0.15) is 23.7 Å². The maximum atomic E-state index is 13.4. The Bertz CT molecular complexity index is 2150. The average Bonchev–Trinajstić information content (AvgIpc) is 4.09. The van der Waals surface area contributed by atoms with Gasteiger partial charge in [-0.2, -0.15) is 0 Å². The molecule has 4 heterocycles. The Morgan fingerprint density at radius 2 is 1.21 bits per heavy atom. The van der Waals surface area contributed by atoms with Crippen molar-refractivity contribution in [3.8, 4) is 33.6 Å². The first-order valence-corrected chi connectivity index (χ1v) is 20.3. The van der Waals surface area contributed by atoms with Crippen LogP contribution in [0, 0.1) is 0 Å². The molecule has 3 fully saturated rings. The number of aromatic amines is 2. The third kappa shape index (κ3) is 7.14. The summed E-state index contributed by atoms with van der Waals surface area (Å²) in [4.78, 5) is 70.4. The number of methoxy groups -OCH3 is 2. The summed E-state index contributed by atoms with van der Waals surface area (Å²) in [5, 5.41) is 5.19. The molecule has 1 spiro atoms. The molecule has 1 saturated carbocycles. The van der Waals surface area contributed by atoms with Crippen LogP contribution in [-0.2, 0) is 30.9 Å². The van der Waals surface area contributed by atoms with E-state index in [0.717, 1.165) is 67.1 Å². The van der Waals surface area contributed by atoms with E-state index in [4.69, 9.17) is 14.7 Å². The Balaban J connectivity index is 1.04. The van der Waals surface area contributed by atoms with Crippen LogP contribution in [0.4, 0.5) is 9.59 Å². The second-order valence-corrected chi connectivity index (χ2v) is 16.0. The molecular weight excluding hydrogens is 725 g/mol. The number of nitrogens with zero attached hydrogens (tertiary/aromatic N) is 4. The van der Waals surface area contributed by atoms with Gasteiger partial charge in [0.25, 0.3) is 0 Å². The van der Waals surface area contributed by atoms with E-state index in [1.807, 2.05) is 17.3 Å². The Kier molecular flexibility index (Phi) is 10.5. The van der Waals surface area contributed by atoms with Gasteiger partial charge in [-0.25, -0.2) is 19.6 Å². The van der Waals surface area contributed by atoms with Gasteiger partial charge in [-0.05, 0) is 98.4 Å². The van der Waals surface area contributed by atoms with Crippen LogP contribution in [0.2, 0.25) is 0 Å². The van der Waals surface area contributed by atoms with Crippen molar-refractivity contribution in [1.29, 1.82) is 0 Å². The molecule has 0 bridgehead atoms. The number of hydrogen-bond acceptors (Lipinski definition) is 8. The predicted molar refractivity (Wildman–Crippen MR) is 213 cm³/mol. The molecule has 2 saturated heterocycles. The maximum Gasteiger partial charge on any atom is 0.407 e. The summed E-state index contributed by atoms with van der Waals surface area (Å²) in [6, 6.07) is 11.4. The summed E-state index contributed by atoms with van der Waals surface area (Å²) >= 11 is 0. The summed E-state index contributed by atoms with van der Waals surface area (Å²) < 4.78 is 9.39. The minimum absolute atomic E-state index is 0.151. The molecule has 4 amide bonds. The van der Waals surface area contributed by atoms with E-state index in [9.17, 15) is 19.2 Å². The number of rotatable bonds is 9. The van der Waals surface area contributed by atoms with Crippen molar-refractivity contribution in [2.24, 2.45) is 0 Å². The smallest absolute Gasteiger partial charge is 0.407 e. The highest BCUT2D eigenvalue weighted by atomic mass is 16.5. The van der Waals surface area contributed by atoms with Gasteiger partial charge in [0.05, 0.1) is 50.1 Å². The number of imidazole rings is 2. The number of fused-ring (bicyclic) bond motifs is 2. The highest BCUT2D eigenvalue weighted by Crippen LogP contribution is 2.55. The van der Waals surface area contributed by atoms with Crippen LogP contribution in [0.1, 0.15) is 106 Å². The van der Waals surface area contributed by atoms with E-state index in [-0.39, 0.29) is 29.3 Å². The number of carbonyl (C=O) groups excluding carboxylic acids is 4. The number of ether oxygens (including phenoxy) is 2. The Morgan fingerprint density at radius 1 is 0.702 bits per heavy atom. The lowest BCUT2D eigenvalue weighted by atomic mass is 9.76. The van der Waals surface area contributed by atoms with Crippen molar-refractivity contribution in [1.82, 2.24) is 40.4 Å². The van der Waals surface area contributed by atoms with Crippen molar-refractivity contribution in [2.75, 3.05) is 27.3 Å². The van der Waals surface area contributed by atoms with Gasteiger partial charge in [0, 0.05) is 18.7 Å². The van der Waals surface area contributed by atoms with Crippen molar-refractivity contribution in [2.45, 2.75) is 108 Å².